The second-order valence-corrected chi connectivity index (χ2v) is 6.78. The number of aliphatic hydroxyl groups is 1. The number of carbonyl (C=O) groups is 1. The maximum atomic E-state index is 11.6. The maximum absolute atomic E-state index is 11.6. The number of carbonyl (C=O) groups excluding carboxylic acids is 1. The Morgan fingerprint density at radius 1 is 1.53 bits per heavy atom. The van der Waals surface area contributed by atoms with Crippen LogP contribution < -0.4 is 0 Å². The van der Waals surface area contributed by atoms with Crippen molar-refractivity contribution in [2.24, 2.45) is 0 Å². The molecule has 1 N–H and O–H groups in total. The summed E-state index contributed by atoms with van der Waals surface area (Å²) in [5.41, 5.74) is -0.0915. The molecule has 3 fully saturated rings. The average Bonchev–Trinajstić information content (AvgIpc) is 2.89. The summed E-state index contributed by atoms with van der Waals surface area (Å²) in [6.45, 7) is 2.71. The number of hydrogen-bond donors (Lipinski definition) is 1. The second-order valence-electron chi connectivity index (χ2n) is 5.57. The average molecular weight is 256 g/mol. The van der Waals surface area contributed by atoms with Gasteiger partial charge in [0.1, 0.15) is 12.0 Å². The molecule has 0 amide bonds. The van der Waals surface area contributed by atoms with Crippen LogP contribution in [0, 0.1) is 0 Å². The molecule has 0 bridgehead atoms. The third-order valence-corrected chi connectivity index (χ3v) is 6.07. The predicted molar refractivity (Wildman–Crippen MR) is 67.8 cm³/mol. The third kappa shape index (κ3) is 1.52. The van der Waals surface area contributed by atoms with Crippen LogP contribution in [0.15, 0.2) is 0 Å². The van der Waals surface area contributed by atoms with Gasteiger partial charge in [0.15, 0.2) is 0 Å². The highest BCUT2D eigenvalue weighted by Crippen LogP contribution is 2.50. The molecule has 0 radical (unpaired) electrons. The normalized spacial score (nSPS) is 46.9. The van der Waals surface area contributed by atoms with Crippen molar-refractivity contribution in [1.82, 2.24) is 9.80 Å². The number of nitrogens with zero attached hydrogens (tertiary/aromatic N) is 2. The van der Waals surface area contributed by atoms with Gasteiger partial charge in [-0.1, -0.05) is 0 Å². The van der Waals surface area contributed by atoms with Crippen LogP contribution in [0.2, 0.25) is 0 Å². The van der Waals surface area contributed by atoms with Crippen molar-refractivity contribution in [1.29, 1.82) is 0 Å². The van der Waals surface area contributed by atoms with Crippen LogP contribution in [0.25, 0.3) is 0 Å². The Hall–Kier alpha value is -0.100. The Kier molecular flexibility index (Phi) is 2.78. The van der Waals surface area contributed by atoms with Crippen LogP contribution in [0.3, 0.4) is 0 Å². The summed E-state index contributed by atoms with van der Waals surface area (Å²) in [6.07, 6.45) is 2.75. The minimum absolute atomic E-state index is 0.0756. The van der Waals surface area contributed by atoms with E-state index < -0.39 is 6.23 Å². The Morgan fingerprint density at radius 3 is 2.88 bits per heavy atom. The molecule has 4 atom stereocenters. The van der Waals surface area contributed by atoms with Gasteiger partial charge >= 0.3 is 0 Å². The highest BCUT2D eigenvalue weighted by Gasteiger charge is 2.59. The highest BCUT2D eigenvalue weighted by molar-refractivity contribution is 8.00. The number of ketones is 1. The van der Waals surface area contributed by atoms with Crippen molar-refractivity contribution < 1.29 is 9.90 Å². The Labute approximate surface area is 106 Å². The SMILES string of the molecule is CC(=O)C1CSC2CC3(CCCN3C)C(O)N21. The van der Waals surface area contributed by atoms with Gasteiger partial charge < -0.3 is 5.11 Å². The fourth-order valence-corrected chi connectivity index (χ4v) is 5.35. The molecule has 3 saturated heterocycles. The van der Waals surface area contributed by atoms with Gasteiger partial charge in [-0.3, -0.25) is 14.6 Å². The summed E-state index contributed by atoms with van der Waals surface area (Å²) in [7, 11) is 2.10. The van der Waals surface area contributed by atoms with Crippen molar-refractivity contribution in [3.8, 4) is 0 Å². The summed E-state index contributed by atoms with van der Waals surface area (Å²) >= 11 is 1.83. The van der Waals surface area contributed by atoms with E-state index in [0.717, 1.165) is 31.6 Å². The van der Waals surface area contributed by atoms with Crippen molar-refractivity contribution in [2.75, 3.05) is 19.3 Å². The van der Waals surface area contributed by atoms with Crippen LogP contribution in [-0.2, 0) is 4.79 Å². The van der Waals surface area contributed by atoms with E-state index in [9.17, 15) is 9.90 Å². The number of hydrogen-bond acceptors (Lipinski definition) is 5. The summed E-state index contributed by atoms with van der Waals surface area (Å²) in [6, 6.07) is -0.0756. The van der Waals surface area contributed by atoms with Crippen molar-refractivity contribution in [2.45, 2.75) is 49.4 Å². The number of rotatable bonds is 1. The number of thioether (sulfide) groups is 1. The van der Waals surface area contributed by atoms with Crippen molar-refractivity contribution >= 4 is 17.5 Å². The van der Waals surface area contributed by atoms with Gasteiger partial charge in [-0.2, -0.15) is 0 Å². The number of fused-ring (bicyclic) bond motifs is 1. The number of Topliss-reactive ketones (excluding diaryl/α,β-unsaturated/α-hetero) is 1. The first kappa shape index (κ1) is 12.0. The molecule has 3 aliphatic rings. The summed E-state index contributed by atoms with van der Waals surface area (Å²) in [5.74, 6) is 1.04. The first-order valence-corrected chi connectivity index (χ1v) is 7.40. The molecule has 3 aliphatic heterocycles. The van der Waals surface area contributed by atoms with Crippen LogP contribution in [0.1, 0.15) is 26.2 Å². The van der Waals surface area contributed by atoms with Crippen LogP contribution in [0.4, 0.5) is 0 Å². The molecule has 4 unspecified atom stereocenters. The fourth-order valence-electron chi connectivity index (χ4n) is 3.70. The van der Waals surface area contributed by atoms with E-state index >= 15 is 0 Å². The third-order valence-electron chi connectivity index (χ3n) is 4.76. The van der Waals surface area contributed by atoms with Gasteiger partial charge in [-0.15, -0.1) is 11.8 Å². The molecule has 0 aromatic rings. The van der Waals surface area contributed by atoms with Crippen LogP contribution in [0.5, 0.6) is 0 Å². The standard InChI is InChI=1S/C12H20N2O2S/c1-8(15)9-7-17-10-6-12(11(16)14(9)10)4-3-5-13(12)2/h9-11,16H,3-7H2,1-2H3. The van der Waals surface area contributed by atoms with E-state index in [0.29, 0.717) is 5.37 Å². The van der Waals surface area contributed by atoms with Gasteiger partial charge in [-0.05, 0) is 39.8 Å². The van der Waals surface area contributed by atoms with Crippen molar-refractivity contribution in [3.63, 3.8) is 0 Å². The monoisotopic (exact) mass is 256 g/mol. The lowest BCUT2D eigenvalue weighted by molar-refractivity contribution is -0.127. The zero-order valence-corrected chi connectivity index (χ0v) is 11.2. The lowest BCUT2D eigenvalue weighted by atomic mass is 9.93. The van der Waals surface area contributed by atoms with Gasteiger partial charge in [0.25, 0.3) is 0 Å². The fraction of sp³-hybridized carbons (Fsp3) is 0.917. The molecule has 1 spiro atoms. The van der Waals surface area contributed by atoms with Gasteiger partial charge in [-0.25, -0.2) is 0 Å². The summed E-state index contributed by atoms with van der Waals surface area (Å²) in [5, 5.41) is 11.0. The molecule has 0 aromatic carbocycles. The number of aliphatic hydroxyl groups excluding tert-OH is 1. The first-order valence-electron chi connectivity index (χ1n) is 6.35. The molecule has 17 heavy (non-hydrogen) atoms. The minimum Gasteiger partial charge on any atom is -0.376 e. The second kappa shape index (κ2) is 3.95. The Bertz CT molecular complexity index is 351. The largest absolute Gasteiger partial charge is 0.376 e. The Morgan fingerprint density at radius 2 is 2.29 bits per heavy atom. The molecule has 0 aliphatic carbocycles. The van der Waals surface area contributed by atoms with E-state index in [-0.39, 0.29) is 17.4 Å². The topological polar surface area (TPSA) is 43.8 Å². The number of likely N-dealkylation sites (tertiary alicyclic amines) is 1. The highest BCUT2D eigenvalue weighted by atomic mass is 32.2. The smallest absolute Gasteiger partial charge is 0.147 e. The van der Waals surface area contributed by atoms with E-state index in [1.165, 1.54) is 0 Å². The molecule has 3 rings (SSSR count). The molecule has 0 saturated carbocycles. The molecular weight excluding hydrogens is 236 g/mol. The molecule has 4 nitrogen and oxygen atoms in total. The predicted octanol–water partition coefficient (Wildman–Crippen LogP) is 0.505. The van der Waals surface area contributed by atoms with Crippen LogP contribution >= 0.6 is 11.8 Å². The summed E-state index contributed by atoms with van der Waals surface area (Å²) in [4.78, 5) is 16.0. The van der Waals surface area contributed by atoms with E-state index in [1.54, 1.807) is 6.92 Å². The first-order chi connectivity index (χ1) is 8.06. The lowest BCUT2D eigenvalue weighted by Crippen LogP contribution is -2.54. The van der Waals surface area contributed by atoms with Gasteiger partial charge in [0.2, 0.25) is 0 Å². The number of likely N-dealkylation sites (N-methyl/N-ethyl adjacent to an activating group) is 1. The van der Waals surface area contributed by atoms with E-state index in [2.05, 4.69) is 16.8 Å². The molecule has 3 heterocycles. The molecule has 0 aromatic heterocycles. The van der Waals surface area contributed by atoms with E-state index in [1.807, 2.05) is 11.8 Å². The van der Waals surface area contributed by atoms with Gasteiger partial charge in [0.05, 0.1) is 17.0 Å². The molecule has 96 valence electrons. The summed E-state index contributed by atoms with van der Waals surface area (Å²) < 4.78 is 0. The molecule has 5 heteroatoms. The molecular formula is C12H20N2O2S. The van der Waals surface area contributed by atoms with Gasteiger partial charge in [0, 0.05) is 5.75 Å². The van der Waals surface area contributed by atoms with E-state index in [4.69, 9.17) is 0 Å². The quantitative estimate of drug-likeness (QED) is 0.740. The van der Waals surface area contributed by atoms with Crippen LogP contribution in [-0.4, -0.2) is 63.2 Å². The van der Waals surface area contributed by atoms with Crippen molar-refractivity contribution in [3.05, 3.63) is 0 Å². The maximum Gasteiger partial charge on any atom is 0.147 e. The zero-order chi connectivity index (χ0) is 12.2. The minimum atomic E-state index is -0.469. The Balaban J connectivity index is 1.89. The zero-order valence-electron chi connectivity index (χ0n) is 10.4. The lowest BCUT2D eigenvalue weighted by Gasteiger charge is -2.37.